The number of carbonyl (C=O) groups excluding carboxylic acids is 1. The molecule has 15 nitrogen and oxygen atoms in total. The van der Waals surface area contributed by atoms with Gasteiger partial charge in [0.05, 0.1) is 53.5 Å². The lowest BCUT2D eigenvalue weighted by molar-refractivity contribution is -0.141. The van der Waals surface area contributed by atoms with E-state index in [-0.39, 0.29) is 42.0 Å². The van der Waals surface area contributed by atoms with Crippen molar-refractivity contribution in [3.05, 3.63) is 82.8 Å². The first-order chi connectivity index (χ1) is 31.3. The molecule has 2 N–H and O–H groups in total. The van der Waals surface area contributed by atoms with Gasteiger partial charge in [-0.25, -0.2) is 0 Å². The number of ether oxygens (including phenoxy) is 4. The molecule has 4 atom stereocenters. The Morgan fingerprint density at radius 3 is 1.78 bits per heavy atom. The van der Waals surface area contributed by atoms with E-state index in [1.54, 1.807) is 38.5 Å². The number of amides is 1. The molecular formula is C48H50Cl2N6O9. The second-order valence-electron chi connectivity index (χ2n) is 16.8. The Morgan fingerprint density at radius 1 is 0.723 bits per heavy atom. The van der Waals surface area contributed by atoms with Crippen molar-refractivity contribution in [1.29, 1.82) is 0 Å². The summed E-state index contributed by atoms with van der Waals surface area (Å²) in [6.45, 7) is 7.76. The molecule has 340 valence electrons. The van der Waals surface area contributed by atoms with Crippen LogP contribution >= 0.6 is 23.2 Å². The summed E-state index contributed by atoms with van der Waals surface area (Å²) in [5, 5.41) is 21.7. The van der Waals surface area contributed by atoms with E-state index in [1.165, 1.54) is 0 Å². The zero-order chi connectivity index (χ0) is 45.9. The third-order valence-electron chi connectivity index (χ3n) is 11.6. The SMILES string of the molecule is COc1cc(N2C(=O)[C@@H]3CC[C@H]2C3)ccc1-c1nc(-c2ccc(OC(C)C)c(Cl)c2)no1.COc1cc(N[C@H]2CC[C@@H](C(=O)O)C2)ccc1-c1nc(-c2ccc(OC(C)C)c(Cl)c2)no1. The van der Waals surface area contributed by atoms with Crippen molar-refractivity contribution in [3.8, 4) is 68.7 Å². The van der Waals surface area contributed by atoms with E-state index in [1.807, 2.05) is 81.1 Å². The first kappa shape index (κ1) is 45.3. The van der Waals surface area contributed by atoms with Crippen LogP contribution in [-0.2, 0) is 9.59 Å². The largest absolute Gasteiger partial charge is 0.496 e. The van der Waals surface area contributed by atoms with Crippen LogP contribution in [-0.4, -0.2) is 75.8 Å². The maximum absolute atomic E-state index is 12.6. The Bertz CT molecular complexity index is 2690. The molecule has 65 heavy (non-hydrogen) atoms. The van der Waals surface area contributed by atoms with Crippen LogP contribution in [0, 0.1) is 11.8 Å². The number of nitrogens with one attached hydrogen (secondary N) is 1. The monoisotopic (exact) mass is 924 g/mol. The first-order valence-corrected chi connectivity index (χ1v) is 22.3. The number of methoxy groups -OCH3 is 2. The van der Waals surface area contributed by atoms with Crippen LogP contribution in [0.2, 0.25) is 10.0 Å². The number of rotatable bonds is 14. The quantitative estimate of drug-likeness (QED) is 0.105. The van der Waals surface area contributed by atoms with Crippen LogP contribution in [0.1, 0.15) is 66.2 Å². The van der Waals surface area contributed by atoms with Crippen LogP contribution in [0.4, 0.5) is 11.4 Å². The zero-order valence-corrected chi connectivity index (χ0v) is 38.4. The summed E-state index contributed by atoms with van der Waals surface area (Å²) in [6.07, 6.45) is 5.14. The molecule has 1 amide bonds. The number of nitrogens with zero attached hydrogens (tertiary/aromatic N) is 5. The number of carbonyl (C=O) groups is 2. The zero-order valence-electron chi connectivity index (χ0n) is 36.8. The molecule has 4 aromatic carbocycles. The van der Waals surface area contributed by atoms with Gasteiger partial charge in [-0.1, -0.05) is 33.5 Å². The molecule has 6 aromatic rings. The van der Waals surface area contributed by atoms with Gasteiger partial charge in [0, 0.05) is 52.6 Å². The molecule has 3 fully saturated rings. The molecule has 2 bridgehead atoms. The molecule has 0 unspecified atom stereocenters. The van der Waals surface area contributed by atoms with Gasteiger partial charge < -0.3 is 43.3 Å². The minimum Gasteiger partial charge on any atom is -0.496 e. The normalized spacial score (nSPS) is 18.8. The van der Waals surface area contributed by atoms with Gasteiger partial charge in [-0.15, -0.1) is 0 Å². The number of aromatic nitrogens is 4. The lowest BCUT2D eigenvalue weighted by Gasteiger charge is -2.27. The standard InChI is InChI=1S/C24H26ClN3O5.C24H24ClN3O4/c1-13(2)32-20-9-5-14(11-19(20)25)22-27-23(33-28-22)18-8-7-17(12-21(18)31-3)26-16-6-4-15(10-16)24(29)30;1-13(2)31-20-9-5-14(11-19(20)25)22-26-23(32-27-22)18-8-7-17(12-21(18)30-3)28-16-6-4-15(10-16)24(28)29/h5,7-9,11-13,15-16,26H,4,6,10H2,1-3H3,(H,29,30);5,7-9,11-13,15-16H,4,6,10H2,1-3H3/t2*15-,16+/m11/s1. The second-order valence-corrected chi connectivity index (χ2v) is 17.6. The van der Waals surface area contributed by atoms with E-state index in [0.717, 1.165) is 42.6 Å². The number of hydrogen-bond acceptors (Lipinski definition) is 13. The van der Waals surface area contributed by atoms with E-state index in [0.29, 0.717) is 86.0 Å². The maximum Gasteiger partial charge on any atom is 0.306 e. The summed E-state index contributed by atoms with van der Waals surface area (Å²) < 4.78 is 33.5. The number of fused-ring (bicyclic) bond motifs is 2. The Kier molecular flexibility index (Phi) is 13.5. The van der Waals surface area contributed by atoms with Crippen molar-refractivity contribution in [3.63, 3.8) is 0 Å². The van der Waals surface area contributed by atoms with E-state index in [4.69, 9.17) is 51.2 Å². The molecule has 2 aromatic heterocycles. The van der Waals surface area contributed by atoms with Gasteiger partial charge in [0.2, 0.25) is 17.6 Å². The molecule has 2 saturated carbocycles. The van der Waals surface area contributed by atoms with E-state index in [2.05, 4.69) is 25.6 Å². The highest BCUT2D eigenvalue weighted by Crippen LogP contribution is 2.44. The Balaban J connectivity index is 0.000000177. The summed E-state index contributed by atoms with van der Waals surface area (Å²) in [7, 11) is 3.16. The predicted octanol–water partition coefficient (Wildman–Crippen LogP) is 10.9. The minimum atomic E-state index is -0.734. The number of carboxylic acid groups (broad SMARTS) is 1. The lowest BCUT2D eigenvalue weighted by atomic mass is 10.1. The van der Waals surface area contributed by atoms with Gasteiger partial charge in [-0.2, -0.15) is 9.97 Å². The molecule has 3 heterocycles. The molecule has 9 rings (SSSR count). The minimum absolute atomic E-state index is 0.0160. The third kappa shape index (κ3) is 10.0. The molecule has 0 radical (unpaired) electrons. The van der Waals surface area contributed by atoms with Gasteiger partial charge in [0.25, 0.3) is 11.8 Å². The molecular weight excluding hydrogens is 875 g/mol. The van der Waals surface area contributed by atoms with Gasteiger partial charge in [-0.05, 0) is 127 Å². The molecule has 1 saturated heterocycles. The fourth-order valence-corrected chi connectivity index (χ4v) is 9.00. The van der Waals surface area contributed by atoms with Crippen molar-refractivity contribution >= 4 is 46.5 Å². The highest BCUT2D eigenvalue weighted by atomic mass is 35.5. The van der Waals surface area contributed by atoms with E-state index >= 15 is 0 Å². The molecule has 0 spiro atoms. The number of hydrogen-bond donors (Lipinski definition) is 2. The van der Waals surface area contributed by atoms with Crippen molar-refractivity contribution in [1.82, 2.24) is 20.3 Å². The van der Waals surface area contributed by atoms with Crippen molar-refractivity contribution in [2.24, 2.45) is 11.8 Å². The number of halogens is 2. The van der Waals surface area contributed by atoms with Crippen LogP contribution in [0.25, 0.3) is 45.7 Å². The number of benzene rings is 4. The summed E-state index contributed by atoms with van der Waals surface area (Å²) in [5.41, 5.74) is 4.43. The van der Waals surface area contributed by atoms with Crippen molar-refractivity contribution in [2.75, 3.05) is 24.4 Å². The average molecular weight is 926 g/mol. The molecule has 3 aliphatic rings. The molecule has 1 aliphatic heterocycles. The molecule has 17 heteroatoms. The molecule has 2 aliphatic carbocycles. The van der Waals surface area contributed by atoms with Gasteiger partial charge >= 0.3 is 5.97 Å². The fourth-order valence-electron chi connectivity index (χ4n) is 8.55. The van der Waals surface area contributed by atoms with Crippen LogP contribution in [0.5, 0.6) is 23.0 Å². The average Bonchev–Trinajstić information content (AvgIpc) is 4.15. The van der Waals surface area contributed by atoms with Crippen LogP contribution in [0.3, 0.4) is 0 Å². The predicted molar refractivity (Wildman–Crippen MR) is 246 cm³/mol. The third-order valence-corrected chi connectivity index (χ3v) is 12.2. The van der Waals surface area contributed by atoms with Crippen molar-refractivity contribution in [2.45, 2.75) is 90.5 Å². The smallest absolute Gasteiger partial charge is 0.306 e. The summed E-state index contributed by atoms with van der Waals surface area (Å²) in [6, 6.07) is 22.4. The lowest BCUT2D eigenvalue weighted by Crippen LogP contribution is -2.36. The Hall–Kier alpha value is -6.32. The number of anilines is 2. The van der Waals surface area contributed by atoms with Gasteiger partial charge in [0.15, 0.2) is 0 Å². The Morgan fingerprint density at radius 2 is 1.29 bits per heavy atom. The summed E-state index contributed by atoms with van der Waals surface area (Å²) in [5.74, 6) is 3.16. The van der Waals surface area contributed by atoms with E-state index in [9.17, 15) is 14.7 Å². The number of aliphatic carboxylic acids is 1. The highest BCUT2D eigenvalue weighted by Gasteiger charge is 2.45. The van der Waals surface area contributed by atoms with Gasteiger partial charge in [0.1, 0.15) is 23.0 Å². The summed E-state index contributed by atoms with van der Waals surface area (Å²) >= 11 is 12.7. The number of carboxylic acids is 1. The maximum atomic E-state index is 12.6. The number of piperidine rings is 1. The summed E-state index contributed by atoms with van der Waals surface area (Å²) in [4.78, 5) is 34.8. The second kappa shape index (κ2) is 19.4. The first-order valence-electron chi connectivity index (χ1n) is 21.6. The van der Waals surface area contributed by atoms with Crippen LogP contribution < -0.4 is 29.2 Å². The van der Waals surface area contributed by atoms with Crippen LogP contribution in [0.15, 0.2) is 81.8 Å². The van der Waals surface area contributed by atoms with Gasteiger partial charge in [-0.3, -0.25) is 9.59 Å². The van der Waals surface area contributed by atoms with E-state index < -0.39 is 5.97 Å². The topological polar surface area (TPSA) is 184 Å². The fraction of sp³-hybridized carbons (Fsp3) is 0.375. The Labute approximate surface area is 386 Å². The van der Waals surface area contributed by atoms with Crippen molar-refractivity contribution < 1.29 is 42.7 Å². The highest BCUT2D eigenvalue weighted by molar-refractivity contribution is 6.32.